The summed E-state index contributed by atoms with van der Waals surface area (Å²) in [7, 11) is 1.81. The molecule has 0 spiro atoms. The molecule has 3 N–H and O–H groups in total. The first kappa shape index (κ1) is 11.3. The SMILES string of the molecule is CNN=C(C=C(C)N)N1C2CCC1COC2. The molecule has 0 aromatic heterocycles. The van der Waals surface area contributed by atoms with Crippen molar-refractivity contribution in [2.24, 2.45) is 10.8 Å². The molecule has 0 aromatic rings. The summed E-state index contributed by atoms with van der Waals surface area (Å²) in [5, 5.41) is 4.31. The van der Waals surface area contributed by atoms with Gasteiger partial charge in [-0.2, -0.15) is 5.10 Å². The largest absolute Gasteiger partial charge is 0.402 e. The van der Waals surface area contributed by atoms with Crippen LogP contribution in [0.15, 0.2) is 16.9 Å². The van der Waals surface area contributed by atoms with Crippen molar-refractivity contribution >= 4 is 5.84 Å². The Kier molecular flexibility index (Phi) is 3.33. The Morgan fingerprint density at radius 3 is 2.56 bits per heavy atom. The molecule has 2 aliphatic heterocycles. The van der Waals surface area contributed by atoms with Crippen LogP contribution in [0.1, 0.15) is 19.8 Å². The number of hydrazone groups is 1. The monoisotopic (exact) mass is 224 g/mol. The van der Waals surface area contributed by atoms with Gasteiger partial charge in [0.2, 0.25) is 0 Å². The molecule has 2 saturated heterocycles. The van der Waals surface area contributed by atoms with Crippen LogP contribution >= 0.6 is 0 Å². The molecule has 16 heavy (non-hydrogen) atoms. The summed E-state index contributed by atoms with van der Waals surface area (Å²) < 4.78 is 5.55. The normalized spacial score (nSPS) is 30.8. The number of allylic oxidation sites excluding steroid dienone is 1. The Hall–Kier alpha value is -1.23. The van der Waals surface area contributed by atoms with E-state index in [1.54, 1.807) is 0 Å². The van der Waals surface area contributed by atoms with Crippen LogP contribution in [0.2, 0.25) is 0 Å². The van der Waals surface area contributed by atoms with E-state index in [-0.39, 0.29) is 0 Å². The molecular weight excluding hydrogens is 204 g/mol. The summed E-state index contributed by atoms with van der Waals surface area (Å²) >= 11 is 0. The molecule has 0 amide bonds. The number of nitrogens with zero attached hydrogens (tertiary/aromatic N) is 2. The highest BCUT2D eigenvalue weighted by molar-refractivity contribution is 5.94. The van der Waals surface area contributed by atoms with E-state index >= 15 is 0 Å². The lowest BCUT2D eigenvalue weighted by Gasteiger charge is -2.36. The van der Waals surface area contributed by atoms with Crippen molar-refractivity contribution < 1.29 is 4.74 Å². The number of morpholine rings is 1. The average molecular weight is 224 g/mol. The van der Waals surface area contributed by atoms with Gasteiger partial charge in [0.25, 0.3) is 0 Å². The lowest BCUT2D eigenvalue weighted by atomic mass is 10.2. The molecule has 2 rings (SSSR count). The molecule has 5 heteroatoms. The highest BCUT2D eigenvalue weighted by Crippen LogP contribution is 2.29. The van der Waals surface area contributed by atoms with Gasteiger partial charge in [0.15, 0.2) is 5.84 Å². The second kappa shape index (κ2) is 4.74. The van der Waals surface area contributed by atoms with Gasteiger partial charge >= 0.3 is 0 Å². The first-order chi connectivity index (χ1) is 7.72. The highest BCUT2D eigenvalue weighted by Gasteiger charge is 2.38. The van der Waals surface area contributed by atoms with Gasteiger partial charge in [-0.3, -0.25) is 0 Å². The van der Waals surface area contributed by atoms with E-state index < -0.39 is 0 Å². The van der Waals surface area contributed by atoms with Crippen molar-refractivity contribution in [3.8, 4) is 0 Å². The van der Waals surface area contributed by atoms with Gasteiger partial charge < -0.3 is 20.8 Å². The number of amidine groups is 1. The summed E-state index contributed by atoms with van der Waals surface area (Å²) in [4.78, 5) is 2.34. The summed E-state index contributed by atoms with van der Waals surface area (Å²) in [6.45, 7) is 3.49. The fourth-order valence-electron chi connectivity index (χ4n) is 2.49. The molecule has 2 unspecified atom stereocenters. The fourth-order valence-corrected chi connectivity index (χ4v) is 2.49. The molecule has 0 aliphatic carbocycles. The average Bonchev–Trinajstić information content (AvgIpc) is 2.47. The van der Waals surface area contributed by atoms with Gasteiger partial charge in [-0.15, -0.1) is 0 Å². The number of nitrogens with one attached hydrogen (secondary N) is 1. The van der Waals surface area contributed by atoms with Crippen LogP contribution in [0, 0.1) is 0 Å². The van der Waals surface area contributed by atoms with Crippen LogP contribution in [0.3, 0.4) is 0 Å². The van der Waals surface area contributed by atoms with Gasteiger partial charge in [0.05, 0.1) is 25.3 Å². The maximum absolute atomic E-state index is 5.74. The van der Waals surface area contributed by atoms with E-state index in [0.29, 0.717) is 12.1 Å². The molecule has 2 atom stereocenters. The molecule has 2 aliphatic rings. The molecule has 2 bridgehead atoms. The molecule has 90 valence electrons. The van der Waals surface area contributed by atoms with Gasteiger partial charge in [0, 0.05) is 18.8 Å². The maximum atomic E-state index is 5.74. The van der Waals surface area contributed by atoms with E-state index in [1.807, 2.05) is 20.0 Å². The lowest BCUT2D eigenvalue weighted by molar-refractivity contribution is 0.0206. The van der Waals surface area contributed by atoms with E-state index in [2.05, 4.69) is 15.4 Å². The van der Waals surface area contributed by atoms with Crippen molar-refractivity contribution in [3.63, 3.8) is 0 Å². The summed E-state index contributed by atoms with van der Waals surface area (Å²) in [5.41, 5.74) is 9.36. The third kappa shape index (κ3) is 2.14. The second-order valence-electron chi connectivity index (χ2n) is 4.41. The van der Waals surface area contributed by atoms with E-state index in [0.717, 1.165) is 24.7 Å². The Morgan fingerprint density at radius 1 is 1.44 bits per heavy atom. The van der Waals surface area contributed by atoms with Gasteiger partial charge in [-0.25, -0.2) is 0 Å². The highest BCUT2D eigenvalue weighted by atomic mass is 16.5. The molecule has 2 fully saturated rings. The van der Waals surface area contributed by atoms with Crippen LogP contribution < -0.4 is 11.2 Å². The van der Waals surface area contributed by atoms with E-state index in [4.69, 9.17) is 10.5 Å². The number of hydrogen-bond donors (Lipinski definition) is 2. The molecule has 5 nitrogen and oxygen atoms in total. The number of hydrogen-bond acceptors (Lipinski definition) is 4. The Balaban J connectivity index is 2.20. The van der Waals surface area contributed by atoms with E-state index in [9.17, 15) is 0 Å². The molecule has 0 saturated carbocycles. The zero-order chi connectivity index (χ0) is 11.5. The van der Waals surface area contributed by atoms with Crippen LogP contribution in [-0.4, -0.2) is 43.1 Å². The molecule has 0 aromatic carbocycles. The Morgan fingerprint density at radius 2 is 2.06 bits per heavy atom. The van der Waals surface area contributed by atoms with Crippen LogP contribution in [0.4, 0.5) is 0 Å². The van der Waals surface area contributed by atoms with E-state index in [1.165, 1.54) is 12.8 Å². The quantitative estimate of drug-likeness (QED) is 0.401. The fraction of sp³-hybridized carbons (Fsp3) is 0.727. The van der Waals surface area contributed by atoms with Gasteiger partial charge in [-0.05, 0) is 19.8 Å². The van der Waals surface area contributed by atoms with Crippen LogP contribution in [-0.2, 0) is 4.74 Å². The predicted molar refractivity (Wildman–Crippen MR) is 63.9 cm³/mol. The van der Waals surface area contributed by atoms with Crippen LogP contribution in [0.5, 0.6) is 0 Å². The van der Waals surface area contributed by atoms with Crippen molar-refractivity contribution in [2.45, 2.75) is 31.8 Å². The first-order valence-corrected chi connectivity index (χ1v) is 5.76. The van der Waals surface area contributed by atoms with Crippen molar-refractivity contribution in [1.29, 1.82) is 0 Å². The van der Waals surface area contributed by atoms with Gasteiger partial charge in [-0.1, -0.05) is 0 Å². The Labute approximate surface area is 96.3 Å². The standard InChI is InChI=1S/C11H20N4O/c1-8(12)5-11(14-13-2)15-9-3-4-10(15)7-16-6-9/h5,9-10,13H,3-4,6-7,12H2,1-2H3. The Bertz CT molecular complexity index is 293. The number of rotatable bonds is 2. The zero-order valence-corrected chi connectivity index (χ0v) is 9.94. The minimum atomic E-state index is 0.460. The second-order valence-corrected chi connectivity index (χ2v) is 4.41. The first-order valence-electron chi connectivity index (χ1n) is 5.76. The summed E-state index contributed by atoms with van der Waals surface area (Å²) in [6, 6.07) is 0.919. The topological polar surface area (TPSA) is 62.9 Å². The third-order valence-electron chi connectivity index (χ3n) is 3.09. The number of nitrogens with two attached hydrogens (primary N) is 1. The van der Waals surface area contributed by atoms with Crippen LogP contribution in [0.25, 0.3) is 0 Å². The molecule has 0 radical (unpaired) electrons. The van der Waals surface area contributed by atoms with Gasteiger partial charge in [0.1, 0.15) is 0 Å². The molecule has 2 heterocycles. The maximum Gasteiger partial charge on any atom is 0.150 e. The lowest BCUT2D eigenvalue weighted by Crippen LogP contribution is -2.49. The predicted octanol–water partition coefficient (Wildman–Crippen LogP) is 0.245. The number of fused-ring (bicyclic) bond motifs is 2. The smallest absolute Gasteiger partial charge is 0.150 e. The molecular formula is C11H20N4O. The van der Waals surface area contributed by atoms with Crippen molar-refractivity contribution in [3.05, 3.63) is 11.8 Å². The zero-order valence-electron chi connectivity index (χ0n) is 9.94. The summed E-state index contributed by atoms with van der Waals surface area (Å²) in [6.07, 6.45) is 4.29. The number of ether oxygens (including phenoxy) is 1. The minimum absolute atomic E-state index is 0.460. The summed E-state index contributed by atoms with van der Waals surface area (Å²) in [5.74, 6) is 0.929. The van der Waals surface area contributed by atoms with Crippen molar-refractivity contribution in [2.75, 3.05) is 20.3 Å². The minimum Gasteiger partial charge on any atom is -0.402 e. The van der Waals surface area contributed by atoms with Crippen molar-refractivity contribution in [1.82, 2.24) is 10.3 Å². The third-order valence-corrected chi connectivity index (χ3v) is 3.09.